The molecule has 0 rings (SSSR count). The number of aliphatic hydroxyl groups is 1. The maximum atomic E-state index is 9.41. The number of nitrogens with zero attached hydrogens (tertiary/aromatic N) is 1. The van der Waals surface area contributed by atoms with Gasteiger partial charge in [-0.2, -0.15) is 11.8 Å². The number of hydrogen-bond acceptors (Lipinski definition) is 3. The van der Waals surface area contributed by atoms with Crippen molar-refractivity contribution in [1.82, 2.24) is 4.90 Å². The highest BCUT2D eigenvalue weighted by Crippen LogP contribution is 2.06. The molecule has 13 heavy (non-hydrogen) atoms. The van der Waals surface area contributed by atoms with Crippen molar-refractivity contribution in [3.8, 4) is 0 Å². The Morgan fingerprint density at radius 2 is 2.15 bits per heavy atom. The largest absolute Gasteiger partial charge is 0.391 e. The summed E-state index contributed by atoms with van der Waals surface area (Å²) in [5.74, 6) is 1.19. The second-order valence-corrected chi connectivity index (χ2v) is 5.01. The van der Waals surface area contributed by atoms with Crippen LogP contribution in [0.2, 0.25) is 0 Å². The number of halogens is 1. The van der Waals surface area contributed by atoms with Gasteiger partial charge in [0.2, 0.25) is 0 Å². The van der Waals surface area contributed by atoms with E-state index in [4.69, 9.17) is 0 Å². The standard InChI is InChI=1S/C9H20BrNOS/c1-8(4-5-13-3)11(2)7-9(12)6-10/h8-9,12H,4-7H2,1-3H3. The summed E-state index contributed by atoms with van der Waals surface area (Å²) in [7, 11) is 2.07. The Hall–Kier alpha value is 0.750. The molecule has 2 nitrogen and oxygen atoms in total. The van der Waals surface area contributed by atoms with Crippen LogP contribution in [0, 0.1) is 0 Å². The molecule has 1 N–H and O–H groups in total. The highest BCUT2D eigenvalue weighted by atomic mass is 79.9. The average molecular weight is 270 g/mol. The minimum Gasteiger partial charge on any atom is -0.391 e. The number of alkyl halides is 1. The molecular formula is C9H20BrNOS. The van der Waals surface area contributed by atoms with E-state index in [9.17, 15) is 5.11 Å². The van der Waals surface area contributed by atoms with Crippen LogP contribution in [-0.4, -0.2) is 53.1 Å². The van der Waals surface area contributed by atoms with E-state index in [1.54, 1.807) is 0 Å². The molecular weight excluding hydrogens is 250 g/mol. The first kappa shape index (κ1) is 13.8. The SMILES string of the molecule is CSCCC(C)N(C)CC(O)CBr. The first-order chi connectivity index (χ1) is 6.11. The van der Waals surface area contributed by atoms with E-state index in [-0.39, 0.29) is 6.10 Å². The lowest BCUT2D eigenvalue weighted by Crippen LogP contribution is -2.36. The van der Waals surface area contributed by atoms with E-state index >= 15 is 0 Å². The topological polar surface area (TPSA) is 23.5 Å². The Labute approximate surface area is 94.2 Å². The summed E-state index contributed by atoms with van der Waals surface area (Å²) in [6, 6.07) is 0.557. The summed E-state index contributed by atoms with van der Waals surface area (Å²) in [5.41, 5.74) is 0. The van der Waals surface area contributed by atoms with E-state index in [0.717, 1.165) is 6.54 Å². The molecule has 0 aliphatic carbocycles. The second-order valence-electron chi connectivity index (χ2n) is 3.38. The Morgan fingerprint density at radius 3 is 2.62 bits per heavy atom. The van der Waals surface area contributed by atoms with Gasteiger partial charge in [-0.3, -0.25) is 0 Å². The fourth-order valence-electron chi connectivity index (χ4n) is 1.07. The molecule has 0 saturated carbocycles. The molecule has 0 aliphatic rings. The third-order valence-electron chi connectivity index (χ3n) is 2.17. The zero-order valence-electron chi connectivity index (χ0n) is 8.66. The van der Waals surface area contributed by atoms with Crippen LogP contribution < -0.4 is 0 Å². The highest BCUT2D eigenvalue weighted by Gasteiger charge is 2.12. The van der Waals surface area contributed by atoms with Gasteiger partial charge in [0.25, 0.3) is 0 Å². The number of aliphatic hydroxyl groups excluding tert-OH is 1. The van der Waals surface area contributed by atoms with E-state index in [1.807, 2.05) is 11.8 Å². The highest BCUT2D eigenvalue weighted by molar-refractivity contribution is 9.09. The number of thioether (sulfide) groups is 1. The lowest BCUT2D eigenvalue weighted by atomic mass is 10.2. The van der Waals surface area contributed by atoms with Crippen molar-refractivity contribution < 1.29 is 5.11 Å². The van der Waals surface area contributed by atoms with Crippen LogP contribution in [0.1, 0.15) is 13.3 Å². The predicted octanol–water partition coefficient (Wildman–Crippen LogP) is 1.82. The molecule has 0 saturated heterocycles. The van der Waals surface area contributed by atoms with Crippen molar-refractivity contribution in [2.75, 3.05) is 30.9 Å². The van der Waals surface area contributed by atoms with Crippen LogP contribution in [0.5, 0.6) is 0 Å². The van der Waals surface area contributed by atoms with Crippen molar-refractivity contribution in [2.45, 2.75) is 25.5 Å². The summed E-state index contributed by atoms with van der Waals surface area (Å²) in [5, 5.41) is 10.1. The van der Waals surface area contributed by atoms with Gasteiger partial charge in [0, 0.05) is 17.9 Å². The van der Waals surface area contributed by atoms with Gasteiger partial charge in [-0.1, -0.05) is 15.9 Å². The zero-order valence-corrected chi connectivity index (χ0v) is 11.1. The molecule has 0 aromatic carbocycles. The minimum absolute atomic E-state index is 0.248. The van der Waals surface area contributed by atoms with Gasteiger partial charge in [-0.25, -0.2) is 0 Å². The van der Waals surface area contributed by atoms with Crippen LogP contribution in [0.3, 0.4) is 0 Å². The lowest BCUT2D eigenvalue weighted by molar-refractivity contribution is 0.124. The Balaban J connectivity index is 3.61. The van der Waals surface area contributed by atoms with Crippen LogP contribution in [0.4, 0.5) is 0 Å². The monoisotopic (exact) mass is 269 g/mol. The molecule has 0 radical (unpaired) electrons. The summed E-state index contributed by atoms with van der Waals surface area (Å²) in [6.07, 6.45) is 3.06. The molecule has 0 spiro atoms. The van der Waals surface area contributed by atoms with Gasteiger partial charge < -0.3 is 10.0 Å². The zero-order chi connectivity index (χ0) is 10.3. The normalized spacial score (nSPS) is 16.2. The molecule has 0 aromatic rings. The first-order valence-electron chi connectivity index (χ1n) is 4.55. The molecule has 4 heteroatoms. The van der Waals surface area contributed by atoms with Crippen molar-refractivity contribution in [1.29, 1.82) is 0 Å². The maximum absolute atomic E-state index is 9.41. The van der Waals surface area contributed by atoms with Crippen molar-refractivity contribution in [3.63, 3.8) is 0 Å². The van der Waals surface area contributed by atoms with Crippen LogP contribution in [0.25, 0.3) is 0 Å². The quantitative estimate of drug-likeness (QED) is 0.714. The molecule has 0 aliphatic heterocycles. The van der Waals surface area contributed by atoms with Crippen molar-refractivity contribution in [2.24, 2.45) is 0 Å². The summed E-state index contributed by atoms with van der Waals surface area (Å²) in [4.78, 5) is 2.21. The van der Waals surface area contributed by atoms with Gasteiger partial charge in [0.05, 0.1) is 6.10 Å². The third kappa shape index (κ3) is 6.77. The Morgan fingerprint density at radius 1 is 1.54 bits per heavy atom. The van der Waals surface area contributed by atoms with Gasteiger partial charge in [-0.15, -0.1) is 0 Å². The summed E-state index contributed by atoms with van der Waals surface area (Å²) >= 11 is 5.14. The number of hydrogen-bond donors (Lipinski definition) is 1. The molecule has 2 unspecified atom stereocenters. The molecule has 0 bridgehead atoms. The molecule has 0 aromatic heterocycles. The lowest BCUT2D eigenvalue weighted by Gasteiger charge is -2.26. The van der Waals surface area contributed by atoms with Crippen LogP contribution in [-0.2, 0) is 0 Å². The number of likely N-dealkylation sites (N-methyl/N-ethyl adjacent to an activating group) is 1. The van der Waals surface area contributed by atoms with Gasteiger partial charge in [0.15, 0.2) is 0 Å². The Kier molecular flexibility index (Phi) is 8.56. The fourth-order valence-corrected chi connectivity index (χ4v) is 1.85. The molecule has 80 valence electrons. The number of rotatable bonds is 7. The first-order valence-corrected chi connectivity index (χ1v) is 7.06. The van der Waals surface area contributed by atoms with E-state index in [2.05, 4.69) is 41.1 Å². The van der Waals surface area contributed by atoms with Crippen molar-refractivity contribution >= 4 is 27.7 Å². The van der Waals surface area contributed by atoms with Crippen LogP contribution in [0.15, 0.2) is 0 Å². The second kappa shape index (κ2) is 8.09. The smallest absolute Gasteiger partial charge is 0.0763 e. The molecule has 0 fully saturated rings. The van der Waals surface area contributed by atoms with E-state index < -0.39 is 0 Å². The average Bonchev–Trinajstić information content (AvgIpc) is 2.13. The van der Waals surface area contributed by atoms with E-state index in [0.29, 0.717) is 11.4 Å². The summed E-state index contributed by atoms with van der Waals surface area (Å²) in [6.45, 7) is 2.96. The molecule has 2 atom stereocenters. The minimum atomic E-state index is -0.248. The van der Waals surface area contributed by atoms with Crippen LogP contribution >= 0.6 is 27.7 Å². The molecule has 0 heterocycles. The summed E-state index contributed by atoms with van der Waals surface area (Å²) < 4.78 is 0. The van der Waals surface area contributed by atoms with Gasteiger partial charge in [0.1, 0.15) is 0 Å². The van der Waals surface area contributed by atoms with Crippen molar-refractivity contribution in [3.05, 3.63) is 0 Å². The maximum Gasteiger partial charge on any atom is 0.0763 e. The predicted molar refractivity (Wildman–Crippen MR) is 64.9 cm³/mol. The molecule has 0 amide bonds. The van der Waals surface area contributed by atoms with Gasteiger partial charge in [-0.05, 0) is 32.4 Å². The third-order valence-corrected chi connectivity index (χ3v) is 3.56. The fraction of sp³-hybridized carbons (Fsp3) is 1.00. The Bertz CT molecular complexity index is 126. The van der Waals surface area contributed by atoms with Gasteiger partial charge >= 0.3 is 0 Å². The van der Waals surface area contributed by atoms with E-state index in [1.165, 1.54) is 12.2 Å².